The summed E-state index contributed by atoms with van der Waals surface area (Å²) in [7, 11) is 0. The van der Waals surface area contributed by atoms with Gasteiger partial charge in [-0.2, -0.15) is 15.4 Å². The zero-order valence-electron chi connectivity index (χ0n) is 16.5. The number of Topliss-reactive ketones (excluding diaryl/α,β-unsaturated/α-hetero) is 1. The van der Waals surface area contributed by atoms with Crippen LogP contribution in [0, 0.1) is 11.3 Å². The molecule has 2 heterocycles. The maximum Gasteiger partial charge on any atom is 0.255 e. The molecule has 2 aromatic carbocycles. The van der Waals surface area contributed by atoms with E-state index in [9.17, 15) is 9.59 Å². The number of carbonyl (C=O) groups is 2. The van der Waals surface area contributed by atoms with Gasteiger partial charge in [0.05, 0.1) is 27.7 Å². The molecule has 0 saturated heterocycles. The van der Waals surface area contributed by atoms with E-state index in [2.05, 4.69) is 10.1 Å². The molecule has 1 aromatic heterocycles. The third-order valence-corrected chi connectivity index (χ3v) is 5.89. The second kappa shape index (κ2) is 7.90. The summed E-state index contributed by atoms with van der Waals surface area (Å²) in [6.07, 6.45) is 3.70. The van der Waals surface area contributed by atoms with Gasteiger partial charge in [0.15, 0.2) is 5.75 Å². The van der Waals surface area contributed by atoms with Gasteiger partial charge in [-0.3, -0.25) is 14.6 Å². The lowest BCUT2D eigenvalue weighted by Gasteiger charge is -2.22. The Morgan fingerprint density at radius 3 is 2.53 bits per heavy atom. The Morgan fingerprint density at radius 1 is 1.09 bits per heavy atom. The maximum atomic E-state index is 12.2. The van der Waals surface area contributed by atoms with Gasteiger partial charge in [-0.1, -0.05) is 23.2 Å². The van der Waals surface area contributed by atoms with Crippen LogP contribution in [0.1, 0.15) is 30.7 Å². The van der Waals surface area contributed by atoms with E-state index in [0.29, 0.717) is 11.7 Å². The molecule has 0 bridgehead atoms. The molecule has 0 N–H and O–H groups in total. The van der Waals surface area contributed by atoms with E-state index in [1.807, 2.05) is 24.4 Å². The number of benzene rings is 2. The SMILES string of the molecule is N#CC1=NN(c2cc(Cl)c(Oc3ccc4nccc(C5CC5)c4c3)c(Cl)c2)C(=O)CC1=O. The Kier molecular flexibility index (Phi) is 5.04. The third kappa shape index (κ3) is 3.68. The van der Waals surface area contributed by atoms with Crippen LogP contribution >= 0.6 is 23.2 Å². The number of rotatable bonds is 4. The van der Waals surface area contributed by atoms with Gasteiger partial charge in [-0.05, 0) is 60.7 Å². The van der Waals surface area contributed by atoms with Crippen molar-refractivity contribution < 1.29 is 14.3 Å². The number of nitriles is 1. The minimum absolute atomic E-state index is 0.152. The number of ketones is 1. The molecule has 0 atom stereocenters. The Balaban J connectivity index is 1.49. The Morgan fingerprint density at radius 2 is 1.84 bits per heavy atom. The van der Waals surface area contributed by atoms with Crippen LogP contribution in [0.15, 0.2) is 47.7 Å². The lowest BCUT2D eigenvalue weighted by molar-refractivity contribution is -0.124. The average Bonchev–Trinajstić information content (AvgIpc) is 3.61. The molecule has 0 radical (unpaired) electrons. The van der Waals surface area contributed by atoms with Gasteiger partial charge < -0.3 is 4.74 Å². The fourth-order valence-corrected chi connectivity index (χ4v) is 4.19. The van der Waals surface area contributed by atoms with E-state index >= 15 is 0 Å². The molecule has 1 amide bonds. The molecular formula is C23H14Cl2N4O3. The molecule has 5 rings (SSSR count). The van der Waals surface area contributed by atoms with Crippen LogP contribution in [-0.4, -0.2) is 22.4 Å². The second-order valence-electron chi connectivity index (χ2n) is 7.56. The number of hydrogen-bond acceptors (Lipinski definition) is 6. The first-order chi connectivity index (χ1) is 15.4. The fraction of sp³-hybridized carbons (Fsp3) is 0.174. The monoisotopic (exact) mass is 464 g/mol. The van der Waals surface area contributed by atoms with Crippen LogP contribution in [0.5, 0.6) is 11.5 Å². The van der Waals surface area contributed by atoms with E-state index in [0.717, 1.165) is 15.9 Å². The Bertz CT molecular complexity index is 1350. The number of carbonyl (C=O) groups excluding carboxylic acids is 2. The highest BCUT2D eigenvalue weighted by Crippen LogP contribution is 2.44. The highest BCUT2D eigenvalue weighted by Gasteiger charge is 2.30. The number of hydrazone groups is 1. The van der Waals surface area contributed by atoms with Crippen molar-refractivity contribution in [3.05, 3.63) is 58.2 Å². The van der Waals surface area contributed by atoms with E-state index < -0.39 is 18.1 Å². The van der Waals surface area contributed by atoms with E-state index in [-0.39, 0.29) is 27.2 Å². The molecule has 0 unspecified atom stereocenters. The van der Waals surface area contributed by atoms with Crippen molar-refractivity contribution in [3.8, 4) is 17.6 Å². The smallest absolute Gasteiger partial charge is 0.255 e. The predicted octanol–water partition coefficient (Wildman–Crippen LogP) is 5.40. The lowest BCUT2D eigenvalue weighted by atomic mass is 10.1. The second-order valence-corrected chi connectivity index (χ2v) is 8.37. The van der Waals surface area contributed by atoms with Crippen LogP contribution in [0.3, 0.4) is 0 Å². The summed E-state index contributed by atoms with van der Waals surface area (Å²) in [6.45, 7) is 0. The number of amides is 1. The van der Waals surface area contributed by atoms with Crippen LogP contribution in [-0.2, 0) is 9.59 Å². The Hall–Kier alpha value is -3.47. The molecular weight excluding hydrogens is 451 g/mol. The summed E-state index contributed by atoms with van der Waals surface area (Å²) in [5.41, 5.74) is 2.01. The summed E-state index contributed by atoms with van der Waals surface area (Å²) in [6, 6.07) is 12.2. The number of anilines is 1. The molecule has 0 spiro atoms. The molecule has 158 valence electrons. The topological polar surface area (TPSA) is 95.7 Å². The molecule has 32 heavy (non-hydrogen) atoms. The highest BCUT2D eigenvalue weighted by molar-refractivity contribution is 6.50. The zero-order valence-corrected chi connectivity index (χ0v) is 18.0. The number of pyridine rings is 1. The average molecular weight is 465 g/mol. The number of aromatic nitrogens is 1. The standard InChI is InChI=1S/C23H14Cl2N4O3/c24-17-7-13(29-22(31)10-21(30)20(11-26)28-29)8-18(25)23(17)32-14-3-4-19-16(9-14)15(5-6-27-19)12-1-2-12/h3-9,12H,1-2,10H2. The number of hydrogen-bond donors (Lipinski definition) is 0. The minimum Gasteiger partial charge on any atom is -0.454 e. The molecule has 1 saturated carbocycles. The number of fused-ring (bicyclic) bond motifs is 1. The maximum absolute atomic E-state index is 12.2. The Labute approximate surface area is 192 Å². The van der Waals surface area contributed by atoms with Crippen molar-refractivity contribution in [2.45, 2.75) is 25.2 Å². The normalized spacial score (nSPS) is 16.2. The first kappa shape index (κ1) is 20.4. The van der Waals surface area contributed by atoms with Crippen molar-refractivity contribution in [3.63, 3.8) is 0 Å². The van der Waals surface area contributed by atoms with Gasteiger partial charge >= 0.3 is 0 Å². The number of nitrogens with zero attached hydrogens (tertiary/aromatic N) is 4. The summed E-state index contributed by atoms with van der Waals surface area (Å²) >= 11 is 12.8. The molecule has 2 aliphatic rings. The predicted molar refractivity (Wildman–Crippen MR) is 120 cm³/mol. The summed E-state index contributed by atoms with van der Waals surface area (Å²) in [4.78, 5) is 28.4. The zero-order chi connectivity index (χ0) is 22.4. The molecule has 7 nitrogen and oxygen atoms in total. The fourth-order valence-electron chi connectivity index (χ4n) is 3.64. The number of halogens is 2. The quantitative estimate of drug-likeness (QED) is 0.481. The molecule has 1 fully saturated rings. The van der Waals surface area contributed by atoms with Gasteiger partial charge in [0, 0.05) is 11.6 Å². The van der Waals surface area contributed by atoms with E-state index in [1.54, 1.807) is 12.1 Å². The van der Waals surface area contributed by atoms with Gasteiger partial charge in [0.1, 0.15) is 11.8 Å². The summed E-state index contributed by atoms with van der Waals surface area (Å²) < 4.78 is 5.99. The van der Waals surface area contributed by atoms with Crippen molar-refractivity contribution in [2.75, 3.05) is 5.01 Å². The molecule has 1 aliphatic carbocycles. The van der Waals surface area contributed by atoms with Crippen molar-refractivity contribution in [2.24, 2.45) is 5.10 Å². The molecule has 9 heteroatoms. The first-order valence-corrected chi connectivity index (χ1v) is 10.6. The van der Waals surface area contributed by atoms with Crippen molar-refractivity contribution in [1.29, 1.82) is 5.26 Å². The van der Waals surface area contributed by atoms with Gasteiger partial charge in [-0.15, -0.1) is 0 Å². The van der Waals surface area contributed by atoms with Crippen LogP contribution in [0.25, 0.3) is 10.9 Å². The minimum atomic E-state index is -0.623. The van der Waals surface area contributed by atoms with E-state index in [1.165, 1.54) is 30.5 Å². The first-order valence-electron chi connectivity index (χ1n) is 9.85. The summed E-state index contributed by atoms with van der Waals surface area (Å²) in [5.74, 6) is 0.119. The van der Waals surface area contributed by atoms with Gasteiger partial charge in [0.25, 0.3) is 5.91 Å². The van der Waals surface area contributed by atoms with E-state index in [4.69, 9.17) is 33.2 Å². The molecule has 3 aromatic rings. The lowest BCUT2D eigenvalue weighted by Crippen LogP contribution is -2.36. The largest absolute Gasteiger partial charge is 0.454 e. The van der Waals surface area contributed by atoms with Crippen molar-refractivity contribution in [1.82, 2.24) is 4.98 Å². The van der Waals surface area contributed by atoms with Gasteiger partial charge in [-0.25, -0.2) is 0 Å². The van der Waals surface area contributed by atoms with Crippen LogP contribution < -0.4 is 9.75 Å². The van der Waals surface area contributed by atoms with Crippen LogP contribution in [0.4, 0.5) is 5.69 Å². The third-order valence-electron chi connectivity index (χ3n) is 5.33. The van der Waals surface area contributed by atoms with Crippen molar-refractivity contribution >= 4 is 57.2 Å². The summed E-state index contributed by atoms with van der Waals surface area (Å²) in [5, 5.41) is 15.1. The van der Waals surface area contributed by atoms with Crippen LogP contribution in [0.2, 0.25) is 10.0 Å². The molecule has 1 aliphatic heterocycles. The van der Waals surface area contributed by atoms with Gasteiger partial charge in [0.2, 0.25) is 11.5 Å². The highest BCUT2D eigenvalue weighted by atomic mass is 35.5. The number of ether oxygens (including phenoxy) is 1.